The number of halogens is 1. The second kappa shape index (κ2) is 7.79. The SMILES string of the molecule is CCN(CC1CCCNC1)C(=O)Cc1cccc(Br)c1. The Morgan fingerprint density at radius 2 is 2.35 bits per heavy atom. The van der Waals surface area contributed by atoms with Gasteiger partial charge in [0.05, 0.1) is 6.42 Å². The summed E-state index contributed by atoms with van der Waals surface area (Å²) in [4.78, 5) is 14.4. The minimum Gasteiger partial charge on any atom is -0.342 e. The van der Waals surface area contributed by atoms with Crippen LogP contribution in [0.3, 0.4) is 0 Å². The van der Waals surface area contributed by atoms with Crippen LogP contribution in [0.5, 0.6) is 0 Å². The first-order valence-electron chi connectivity index (χ1n) is 7.42. The Morgan fingerprint density at radius 1 is 1.50 bits per heavy atom. The Hall–Kier alpha value is -0.870. The number of rotatable bonds is 5. The van der Waals surface area contributed by atoms with Crippen molar-refractivity contribution in [3.63, 3.8) is 0 Å². The number of nitrogens with zero attached hydrogens (tertiary/aromatic N) is 1. The molecule has 0 spiro atoms. The van der Waals surface area contributed by atoms with Gasteiger partial charge < -0.3 is 10.2 Å². The van der Waals surface area contributed by atoms with Crippen molar-refractivity contribution in [2.75, 3.05) is 26.2 Å². The summed E-state index contributed by atoms with van der Waals surface area (Å²) in [6.45, 7) is 5.91. The molecule has 1 aliphatic heterocycles. The fourth-order valence-corrected chi connectivity index (χ4v) is 3.18. The molecule has 0 bridgehead atoms. The molecule has 4 heteroatoms. The molecule has 0 radical (unpaired) electrons. The Bertz CT molecular complexity index is 444. The number of carbonyl (C=O) groups excluding carboxylic acids is 1. The van der Waals surface area contributed by atoms with E-state index in [1.807, 2.05) is 29.2 Å². The smallest absolute Gasteiger partial charge is 0.226 e. The van der Waals surface area contributed by atoms with Gasteiger partial charge in [-0.3, -0.25) is 4.79 Å². The summed E-state index contributed by atoms with van der Waals surface area (Å²) < 4.78 is 1.03. The van der Waals surface area contributed by atoms with E-state index in [0.717, 1.165) is 36.2 Å². The first kappa shape index (κ1) is 15.5. The summed E-state index contributed by atoms with van der Waals surface area (Å²) in [5.74, 6) is 0.839. The third kappa shape index (κ3) is 4.60. The van der Waals surface area contributed by atoms with E-state index in [4.69, 9.17) is 0 Å². The lowest BCUT2D eigenvalue weighted by molar-refractivity contribution is -0.131. The molecular weight excluding hydrogens is 316 g/mol. The minimum absolute atomic E-state index is 0.233. The highest BCUT2D eigenvalue weighted by Crippen LogP contribution is 2.15. The maximum absolute atomic E-state index is 12.4. The van der Waals surface area contributed by atoms with E-state index in [1.54, 1.807) is 0 Å². The molecule has 1 aromatic rings. The van der Waals surface area contributed by atoms with Crippen LogP contribution in [0.25, 0.3) is 0 Å². The number of hydrogen-bond acceptors (Lipinski definition) is 2. The van der Waals surface area contributed by atoms with Crippen LogP contribution in [0.4, 0.5) is 0 Å². The summed E-state index contributed by atoms with van der Waals surface area (Å²) in [7, 11) is 0. The van der Waals surface area contributed by atoms with E-state index in [-0.39, 0.29) is 5.91 Å². The minimum atomic E-state index is 0.233. The second-order valence-corrected chi connectivity index (χ2v) is 6.37. The van der Waals surface area contributed by atoms with Gasteiger partial charge in [0.2, 0.25) is 5.91 Å². The molecule has 1 aromatic carbocycles. The molecule has 1 fully saturated rings. The molecule has 1 saturated heterocycles. The fourth-order valence-electron chi connectivity index (χ4n) is 2.73. The first-order valence-corrected chi connectivity index (χ1v) is 8.21. The quantitative estimate of drug-likeness (QED) is 0.895. The number of nitrogens with one attached hydrogen (secondary N) is 1. The average Bonchev–Trinajstić information content (AvgIpc) is 2.45. The van der Waals surface area contributed by atoms with E-state index in [2.05, 4.69) is 28.2 Å². The number of carbonyl (C=O) groups is 1. The van der Waals surface area contributed by atoms with Crippen LogP contribution < -0.4 is 5.32 Å². The van der Waals surface area contributed by atoms with Crippen molar-refractivity contribution in [2.45, 2.75) is 26.2 Å². The van der Waals surface area contributed by atoms with Gasteiger partial charge in [0.25, 0.3) is 0 Å². The molecular formula is C16H23BrN2O. The Labute approximate surface area is 129 Å². The Balaban J connectivity index is 1.91. The van der Waals surface area contributed by atoms with Crippen LogP contribution in [-0.4, -0.2) is 37.0 Å². The van der Waals surface area contributed by atoms with Crippen molar-refractivity contribution in [1.29, 1.82) is 0 Å². The van der Waals surface area contributed by atoms with Crippen LogP contribution in [0, 0.1) is 5.92 Å². The second-order valence-electron chi connectivity index (χ2n) is 5.45. The molecule has 1 heterocycles. The van der Waals surface area contributed by atoms with Gasteiger partial charge in [-0.25, -0.2) is 0 Å². The highest BCUT2D eigenvalue weighted by Gasteiger charge is 2.19. The molecule has 3 nitrogen and oxygen atoms in total. The van der Waals surface area contributed by atoms with Crippen LogP contribution in [0.1, 0.15) is 25.3 Å². The van der Waals surface area contributed by atoms with Gasteiger partial charge in [-0.2, -0.15) is 0 Å². The van der Waals surface area contributed by atoms with Crippen LogP contribution in [0.2, 0.25) is 0 Å². The molecule has 1 aliphatic rings. The lowest BCUT2D eigenvalue weighted by Crippen LogP contribution is -2.41. The van der Waals surface area contributed by atoms with Crippen molar-refractivity contribution in [1.82, 2.24) is 10.2 Å². The monoisotopic (exact) mass is 338 g/mol. The molecule has 1 unspecified atom stereocenters. The summed E-state index contributed by atoms with van der Waals surface area (Å²) in [6, 6.07) is 8.00. The van der Waals surface area contributed by atoms with Crippen molar-refractivity contribution < 1.29 is 4.79 Å². The van der Waals surface area contributed by atoms with Crippen LogP contribution >= 0.6 is 15.9 Å². The van der Waals surface area contributed by atoms with Crippen LogP contribution in [0.15, 0.2) is 28.7 Å². The van der Waals surface area contributed by atoms with E-state index >= 15 is 0 Å². The summed E-state index contributed by atoms with van der Waals surface area (Å²) in [5.41, 5.74) is 1.07. The van der Waals surface area contributed by atoms with Crippen molar-refractivity contribution in [3.05, 3.63) is 34.3 Å². The number of amides is 1. The Kier molecular flexibility index (Phi) is 6.05. The van der Waals surface area contributed by atoms with E-state index < -0.39 is 0 Å². The maximum Gasteiger partial charge on any atom is 0.226 e. The van der Waals surface area contributed by atoms with E-state index in [9.17, 15) is 4.79 Å². The van der Waals surface area contributed by atoms with Crippen LogP contribution in [-0.2, 0) is 11.2 Å². The fraction of sp³-hybridized carbons (Fsp3) is 0.562. The zero-order valence-electron chi connectivity index (χ0n) is 12.1. The molecule has 1 N–H and O–H groups in total. The third-order valence-corrected chi connectivity index (χ3v) is 4.35. The van der Waals surface area contributed by atoms with Gasteiger partial charge in [0.1, 0.15) is 0 Å². The van der Waals surface area contributed by atoms with Crippen molar-refractivity contribution in [3.8, 4) is 0 Å². The van der Waals surface area contributed by atoms with Crippen molar-refractivity contribution >= 4 is 21.8 Å². The van der Waals surface area contributed by atoms with Gasteiger partial charge in [-0.1, -0.05) is 28.1 Å². The predicted molar refractivity (Wildman–Crippen MR) is 85.7 cm³/mol. The summed E-state index contributed by atoms with van der Waals surface area (Å²) in [6.07, 6.45) is 2.95. The lowest BCUT2D eigenvalue weighted by atomic mass is 9.99. The average molecular weight is 339 g/mol. The number of benzene rings is 1. The predicted octanol–water partition coefficient (Wildman–Crippen LogP) is 2.84. The largest absolute Gasteiger partial charge is 0.342 e. The van der Waals surface area contributed by atoms with E-state index in [0.29, 0.717) is 12.3 Å². The number of piperidine rings is 1. The first-order chi connectivity index (χ1) is 9.69. The van der Waals surface area contributed by atoms with Gasteiger partial charge in [0.15, 0.2) is 0 Å². The topological polar surface area (TPSA) is 32.3 Å². The molecule has 1 atom stereocenters. The zero-order chi connectivity index (χ0) is 14.4. The molecule has 2 rings (SSSR count). The standard InChI is InChI=1S/C16H23BrN2O/c1-2-19(12-14-6-4-8-18-11-14)16(20)10-13-5-3-7-15(17)9-13/h3,5,7,9,14,18H,2,4,6,8,10-12H2,1H3. The van der Waals surface area contributed by atoms with Gasteiger partial charge >= 0.3 is 0 Å². The normalized spacial score (nSPS) is 18.8. The molecule has 110 valence electrons. The molecule has 0 saturated carbocycles. The Morgan fingerprint density at radius 3 is 3.00 bits per heavy atom. The lowest BCUT2D eigenvalue weighted by Gasteiger charge is -2.29. The summed E-state index contributed by atoms with van der Waals surface area (Å²) in [5, 5.41) is 3.42. The van der Waals surface area contributed by atoms with E-state index in [1.165, 1.54) is 12.8 Å². The van der Waals surface area contributed by atoms with Gasteiger partial charge in [-0.05, 0) is 56.5 Å². The summed E-state index contributed by atoms with van der Waals surface area (Å²) >= 11 is 3.45. The molecule has 1 amide bonds. The van der Waals surface area contributed by atoms with Gasteiger partial charge in [0, 0.05) is 17.6 Å². The van der Waals surface area contributed by atoms with Gasteiger partial charge in [-0.15, -0.1) is 0 Å². The number of hydrogen-bond donors (Lipinski definition) is 1. The zero-order valence-corrected chi connectivity index (χ0v) is 13.7. The highest BCUT2D eigenvalue weighted by atomic mass is 79.9. The number of likely N-dealkylation sites (N-methyl/N-ethyl adjacent to an activating group) is 1. The third-order valence-electron chi connectivity index (χ3n) is 3.86. The molecule has 0 aromatic heterocycles. The highest BCUT2D eigenvalue weighted by molar-refractivity contribution is 9.10. The molecule has 20 heavy (non-hydrogen) atoms. The van der Waals surface area contributed by atoms with Crippen molar-refractivity contribution in [2.24, 2.45) is 5.92 Å². The maximum atomic E-state index is 12.4. The molecule has 0 aliphatic carbocycles.